The summed E-state index contributed by atoms with van der Waals surface area (Å²) >= 11 is 0. The molecule has 6 N–H and O–H groups in total. The second-order valence-electron chi connectivity index (χ2n) is 3.27. The Balaban J connectivity index is 2.76. The fraction of sp³-hybridized carbons (Fsp3) is 1.00. The molecule has 5 atom stereocenters. The molecule has 0 amide bonds. The Hall–Kier alpha value is -0.280. The SMILES string of the molecule is OCC(O)C1OC(O)(CO)C(O)C1O. The van der Waals surface area contributed by atoms with Crippen LogP contribution in [0.25, 0.3) is 0 Å². The Bertz CT molecular complexity index is 198. The minimum atomic E-state index is -2.29. The van der Waals surface area contributed by atoms with Gasteiger partial charge in [-0.1, -0.05) is 0 Å². The highest BCUT2D eigenvalue weighted by atomic mass is 16.7. The molecule has 0 aromatic rings. The third-order valence-electron chi connectivity index (χ3n) is 2.26. The first-order valence-corrected chi connectivity index (χ1v) is 4.12. The topological polar surface area (TPSA) is 131 Å². The van der Waals surface area contributed by atoms with Crippen molar-refractivity contribution in [3.63, 3.8) is 0 Å². The van der Waals surface area contributed by atoms with Gasteiger partial charge in [-0.3, -0.25) is 0 Å². The van der Waals surface area contributed by atoms with Crippen LogP contribution in [-0.2, 0) is 4.74 Å². The maximum absolute atomic E-state index is 9.38. The van der Waals surface area contributed by atoms with Gasteiger partial charge in [0.1, 0.15) is 24.4 Å². The van der Waals surface area contributed by atoms with Gasteiger partial charge in [-0.05, 0) is 0 Å². The number of rotatable bonds is 3. The van der Waals surface area contributed by atoms with E-state index in [0.29, 0.717) is 0 Å². The Morgan fingerprint density at radius 3 is 2.21 bits per heavy atom. The molecule has 1 aliphatic heterocycles. The Morgan fingerprint density at radius 2 is 1.86 bits per heavy atom. The molecule has 1 fully saturated rings. The molecule has 0 saturated carbocycles. The van der Waals surface area contributed by atoms with Crippen molar-refractivity contribution in [2.75, 3.05) is 13.2 Å². The maximum atomic E-state index is 9.38. The van der Waals surface area contributed by atoms with E-state index in [1.165, 1.54) is 0 Å². The fourth-order valence-electron chi connectivity index (χ4n) is 1.36. The minimum Gasteiger partial charge on any atom is -0.394 e. The molecule has 7 heteroatoms. The van der Waals surface area contributed by atoms with Crippen LogP contribution in [0.5, 0.6) is 0 Å². The summed E-state index contributed by atoms with van der Waals surface area (Å²) < 4.78 is 4.67. The molecule has 0 aromatic carbocycles. The highest BCUT2D eigenvalue weighted by Crippen LogP contribution is 2.30. The highest BCUT2D eigenvalue weighted by Gasteiger charge is 2.54. The van der Waals surface area contributed by atoms with Crippen LogP contribution in [0.15, 0.2) is 0 Å². The molecule has 1 heterocycles. The van der Waals surface area contributed by atoms with E-state index in [2.05, 4.69) is 4.74 Å². The summed E-state index contributed by atoms with van der Waals surface area (Å²) in [6.07, 6.45) is -6.04. The van der Waals surface area contributed by atoms with Crippen molar-refractivity contribution < 1.29 is 35.4 Å². The van der Waals surface area contributed by atoms with Crippen molar-refractivity contribution in [1.29, 1.82) is 0 Å². The molecule has 7 nitrogen and oxygen atoms in total. The third-order valence-corrected chi connectivity index (χ3v) is 2.26. The Morgan fingerprint density at radius 1 is 1.29 bits per heavy atom. The summed E-state index contributed by atoms with van der Waals surface area (Å²) in [6, 6.07) is 0. The van der Waals surface area contributed by atoms with E-state index < -0.39 is 43.4 Å². The monoisotopic (exact) mass is 210 g/mol. The lowest BCUT2D eigenvalue weighted by Gasteiger charge is -2.23. The van der Waals surface area contributed by atoms with Crippen LogP contribution in [0, 0.1) is 0 Å². The molecule has 0 bridgehead atoms. The van der Waals surface area contributed by atoms with E-state index >= 15 is 0 Å². The van der Waals surface area contributed by atoms with Gasteiger partial charge in [0.05, 0.1) is 13.2 Å². The van der Waals surface area contributed by atoms with Crippen LogP contribution >= 0.6 is 0 Å². The minimum absolute atomic E-state index is 0.685. The van der Waals surface area contributed by atoms with Gasteiger partial charge in [-0.25, -0.2) is 0 Å². The quantitative estimate of drug-likeness (QED) is 0.281. The van der Waals surface area contributed by atoms with E-state index in [-0.39, 0.29) is 0 Å². The highest BCUT2D eigenvalue weighted by molar-refractivity contribution is 4.97. The van der Waals surface area contributed by atoms with Crippen molar-refractivity contribution >= 4 is 0 Å². The summed E-state index contributed by atoms with van der Waals surface area (Å²) in [4.78, 5) is 0. The smallest absolute Gasteiger partial charge is 0.219 e. The van der Waals surface area contributed by atoms with Crippen molar-refractivity contribution in [3.8, 4) is 0 Å². The van der Waals surface area contributed by atoms with E-state index in [9.17, 15) is 15.3 Å². The first-order chi connectivity index (χ1) is 6.46. The number of hydrogen-bond acceptors (Lipinski definition) is 7. The van der Waals surface area contributed by atoms with Gasteiger partial charge in [-0.15, -0.1) is 0 Å². The zero-order chi connectivity index (χ0) is 10.9. The van der Waals surface area contributed by atoms with Crippen molar-refractivity contribution in [2.45, 2.75) is 30.2 Å². The molecule has 0 spiro atoms. The molecule has 1 rings (SSSR count). The average Bonchev–Trinajstić information content (AvgIpc) is 2.43. The van der Waals surface area contributed by atoms with Crippen LogP contribution in [0.3, 0.4) is 0 Å². The predicted molar refractivity (Wildman–Crippen MR) is 42.0 cm³/mol. The van der Waals surface area contributed by atoms with Gasteiger partial charge in [0.25, 0.3) is 0 Å². The van der Waals surface area contributed by atoms with Crippen molar-refractivity contribution in [1.82, 2.24) is 0 Å². The number of ether oxygens (including phenoxy) is 1. The molecule has 0 aliphatic carbocycles. The number of hydrogen-bond donors (Lipinski definition) is 6. The molecule has 5 unspecified atom stereocenters. The molecular weight excluding hydrogens is 196 g/mol. The Labute approximate surface area is 79.8 Å². The molecule has 0 radical (unpaired) electrons. The molecule has 14 heavy (non-hydrogen) atoms. The van der Waals surface area contributed by atoms with Crippen LogP contribution in [-0.4, -0.2) is 74.1 Å². The average molecular weight is 210 g/mol. The van der Waals surface area contributed by atoms with Crippen LogP contribution in [0.4, 0.5) is 0 Å². The molecular formula is C7H14O7. The summed E-state index contributed by atoms with van der Waals surface area (Å²) in [5.74, 6) is -2.29. The summed E-state index contributed by atoms with van der Waals surface area (Å²) in [5.41, 5.74) is 0. The standard InChI is InChI=1S/C7H14O7/c8-1-3(10)5-4(11)6(12)7(13,2-9)14-5/h3-6,8-13H,1-2H2. The van der Waals surface area contributed by atoms with Crippen molar-refractivity contribution in [2.24, 2.45) is 0 Å². The summed E-state index contributed by atoms with van der Waals surface area (Å²) in [6.45, 7) is -1.60. The largest absolute Gasteiger partial charge is 0.394 e. The zero-order valence-corrected chi connectivity index (χ0v) is 7.32. The van der Waals surface area contributed by atoms with E-state index in [0.717, 1.165) is 0 Å². The predicted octanol–water partition coefficient (Wildman–Crippen LogP) is -3.86. The fourth-order valence-corrected chi connectivity index (χ4v) is 1.36. The zero-order valence-electron chi connectivity index (χ0n) is 7.32. The lowest BCUT2D eigenvalue weighted by Crippen LogP contribution is -2.46. The van der Waals surface area contributed by atoms with Gasteiger partial charge in [0, 0.05) is 0 Å². The number of aliphatic hydroxyl groups excluding tert-OH is 5. The van der Waals surface area contributed by atoms with E-state index in [1.807, 2.05) is 0 Å². The normalized spacial score (nSPS) is 45.4. The van der Waals surface area contributed by atoms with Crippen molar-refractivity contribution in [3.05, 3.63) is 0 Å². The Kier molecular flexibility index (Phi) is 3.43. The second-order valence-corrected chi connectivity index (χ2v) is 3.27. The van der Waals surface area contributed by atoms with Gasteiger partial charge < -0.3 is 35.4 Å². The lowest BCUT2D eigenvalue weighted by molar-refractivity contribution is -0.254. The van der Waals surface area contributed by atoms with Crippen LogP contribution in [0.2, 0.25) is 0 Å². The number of aliphatic hydroxyl groups is 6. The molecule has 0 aromatic heterocycles. The molecule has 1 saturated heterocycles. The first-order valence-electron chi connectivity index (χ1n) is 4.12. The van der Waals surface area contributed by atoms with Gasteiger partial charge in [0.15, 0.2) is 0 Å². The third kappa shape index (κ3) is 1.75. The van der Waals surface area contributed by atoms with Gasteiger partial charge >= 0.3 is 0 Å². The van der Waals surface area contributed by atoms with Gasteiger partial charge in [0.2, 0.25) is 5.79 Å². The molecule has 84 valence electrons. The summed E-state index contributed by atoms with van der Waals surface area (Å²) in [5, 5.41) is 54.3. The molecule has 1 aliphatic rings. The van der Waals surface area contributed by atoms with Gasteiger partial charge in [-0.2, -0.15) is 0 Å². The van der Waals surface area contributed by atoms with E-state index in [1.54, 1.807) is 0 Å². The second kappa shape index (κ2) is 4.07. The van der Waals surface area contributed by atoms with Crippen LogP contribution < -0.4 is 0 Å². The summed E-state index contributed by atoms with van der Waals surface area (Å²) in [7, 11) is 0. The first kappa shape index (κ1) is 11.8. The lowest BCUT2D eigenvalue weighted by atomic mass is 10.0. The van der Waals surface area contributed by atoms with E-state index in [4.69, 9.17) is 15.3 Å². The maximum Gasteiger partial charge on any atom is 0.219 e. The van der Waals surface area contributed by atoms with Crippen LogP contribution in [0.1, 0.15) is 0 Å².